The average Bonchev–Trinajstić information content (AvgIpc) is 2.44. The van der Waals surface area contributed by atoms with Crippen molar-refractivity contribution in [3.05, 3.63) is 54.1 Å². The van der Waals surface area contributed by atoms with Crippen LogP contribution < -0.4 is 19.9 Å². The highest BCUT2D eigenvalue weighted by Gasteiger charge is 2.10. The Bertz CT molecular complexity index is 1000. The summed E-state index contributed by atoms with van der Waals surface area (Å²) < 4.78 is 48.9. The Hall–Kier alpha value is -2.63. The molecule has 0 aliphatic rings. The SMILES string of the molecule is CS(=O)(=O)Nc1cccc(C(=O)Nc2cccc(NS(N)(=O)=O)c2)c1. The molecule has 0 saturated carbocycles. The quantitative estimate of drug-likeness (QED) is 0.585. The molecule has 0 spiro atoms. The lowest BCUT2D eigenvalue weighted by Crippen LogP contribution is -2.21. The molecule has 0 aromatic heterocycles. The number of sulfonamides is 1. The van der Waals surface area contributed by atoms with Gasteiger partial charge in [0.2, 0.25) is 10.0 Å². The molecule has 0 radical (unpaired) electrons. The smallest absolute Gasteiger partial charge is 0.296 e. The molecule has 5 N–H and O–H groups in total. The van der Waals surface area contributed by atoms with Crippen LogP contribution in [0, 0.1) is 0 Å². The number of rotatable bonds is 6. The Balaban J connectivity index is 2.17. The molecule has 0 fully saturated rings. The average molecular weight is 384 g/mol. The maximum Gasteiger partial charge on any atom is 0.296 e. The van der Waals surface area contributed by atoms with E-state index in [1.165, 1.54) is 42.5 Å². The van der Waals surface area contributed by atoms with Crippen molar-refractivity contribution in [1.82, 2.24) is 0 Å². The zero-order valence-corrected chi connectivity index (χ0v) is 14.7. The summed E-state index contributed by atoms with van der Waals surface area (Å²) in [5, 5.41) is 7.48. The van der Waals surface area contributed by atoms with E-state index in [1.54, 1.807) is 6.07 Å². The van der Waals surface area contributed by atoms with E-state index in [0.29, 0.717) is 5.69 Å². The molecule has 11 heteroatoms. The van der Waals surface area contributed by atoms with Gasteiger partial charge < -0.3 is 5.32 Å². The summed E-state index contributed by atoms with van der Waals surface area (Å²) in [6.45, 7) is 0. The first-order valence-corrected chi connectivity index (χ1v) is 10.3. The highest BCUT2D eigenvalue weighted by atomic mass is 32.2. The summed E-state index contributed by atoms with van der Waals surface area (Å²) in [7, 11) is -7.39. The monoisotopic (exact) mass is 384 g/mol. The Labute approximate surface area is 145 Å². The van der Waals surface area contributed by atoms with E-state index in [2.05, 4.69) is 14.8 Å². The van der Waals surface area contributed by atoms with Gasteiger partial charge in [-0.05, 0) is 36.4 Å². The lowest BCUT2D eigenvalue weighted by atomic mass is 10.2. The molecule has 0 aliphatic carbocycles. The molecule has 0 aliphatic heterocycles. The van der Waals surface area contributed by atoms with Crippen molar-refractivity contribution in [1.29, 1.82) is 0 Å². The van der Waals surface area contributed by atoms with Gasteiger partial charge >= 0.3 is 0 Å². The highest BCUT2D eigenvalue weighted by Crippen LogP contribution is 2.18. The number of anilines is 3. The van der Waals surface area contributed by atoms with E-state index in [1.807, 2.05) is 0 Å². The van der Waals surface area contributed by atoms with Crippen molar-refractivity contribution in [3.8, 4) is 0 Å². The van der Waals surface area contributed by atoms with Crippen LogP contribution in [-0.2, 0) is 20.2 Å². The Morgan fingerprint density at radius 3 is 2.04 bits per heavy atom. The third-order valence-corrected chi connectivity index (χ3v) is 3.94. The molecule has 0 atom stereocenters. The lowest BCUT2D eigenvalue weighted by Gasteiger charge is -2.09. The summed E-state index contributed by atoms with van der Waals surface area (Å²) in [5.41, 5.74) is 0.992. The van der Waals surface area contributed by atoms with Crippen LogP contribution in [0.4, 0.5) is 17.1 Å². The van der Waals surface area contributed by atoms with Crippen molar-refractivity contribution in [2.24, 2.45) is 5.14 Å². The van der Waals surface area contributed by atoms with Gasteiger partial charge in [-0.1, -0.05) is 12.1 Å². The molecule has 9 nitrogen and oxygen atoms in total. The normalized spacial score (nSPS) is 11.6. The topological polar surface area (TPSA) is 147 Å². The Kier molecular flexibility index (Phi) is 5.30. The van der Waals surface area contributed by atoms with Gasteiger partial charge in [-0.25, -0.2) is 13.6 Å². The molecule has 0 saturated heterocycles. The fourth-order valence-corrected chi connectivity index (χ4v) is 2.98. The first-order valence-electron chi connectivity index (χ1n) is 6.82. The zero-order valence-electron chi connectivity index (χ0n) is 13.1. The molecule has 2 aromatic rings. The summed E-state index contributed by atoms with van der Waals surface area (Å²) >= 11 is 0. The molecule has 0 unspecified atom stereocenters. The van der Waals surface area contributed by atoms with E-state index in [-0.39, 0.29) is 16.9 Å². The molecule has 0 heterocycles. The van der Waals surface area contributed by atoms with Crippen LogP contribution in [0.15, 0.2) is 48.5 Å². The van der Waals surface area contributed by atoms with Crippen molar-refractivity contribution in [3.63, 3.8) is 0 Å². The maximum atomic E-state index is 12.3. The highest BCUT2D eigenvalue weighted by molar-refractivity contribution is 7.92. The second kappa shape index (κ2) is 7.09. The fraction of sp³-hybridized carbons (Fsp3) is 0.0714. The minimum atomic E-state index is -3.93. The van der Waals surface area contributed by atoms with E-state index >= 15 is 0 Å². The third-order valence-electron chi connectivity index (χ3n) is 2.81. The number of nitrogens with one attached hydrogen (secondary N) is 3. The summed E-state index contributed by atoms with van der Waals surface area (Å²) in [5.74, 6) is -0.495. The van der Waals surface area contributed by atoms with E-state index in [4.69, 9.17) is 5.14 Å². The molecular weight excluding hydrogens is 368 g/mol. The molecule has 2 rings (SSSR count). The first-order chi connectivity index (χ1) is 11.5. The number of amides is 1. The van der Waals surface area contributed by atoms with Crippen molar-refractivity contribution >= 4 is 43.2 Å². The van der Waals surface area contributed by atoms with Crippen LogP contribution in [0.3, 0.4) is 0 Å². The largest absolute Gasteiger partial charge is 0.322 e. The fourth-order valence-electron chi connectivity index (χ4n) is 1.97. The number of benzene rings is 2. The summed E-state index contributed by atoms with van der Waals surface area (Å²) in [6.07, 6.45) is 1.00. The number of nitrogens with two attached hydrogens (primary N) is 1. The Morgan fingerprint density at radius 1 is 0.880 bits per heavy atom. The van der Waals surface area contributed by atoms with E-state index in [0.717, 1.165) is 6.26 Å². The van der Waals surface area contributed by atoms with Crippen LogP contribution >= 0.6 is 0 Å². The molecule has 1 amide bonds. The van der Waals surface area contributed by atoms with Crippen molar-refractivity contribution in [2.75, 3.05) is 21.0 Å². The second-order valence-electron chi connectivity index (χ2n) is 5.14. The molecule has 134 valence electrons. The van der Waals surface area contributed by atoms with Crippen LogP contribution in [-0.4, -0.2) is 29.0 Å². The number of carbonyl (C=O) groups excluding carboxylic acids is 1. The maximum absolute atomic E-state index is 12.3. The van der Waals surface area contributed by atoms with Gasteiger partial charge in [0.05, 0.1) is 11.9 Å². The standard InChI is InChI=1S/C14H16N4O5S2/c1-24(20,21)17-12-6-2-4-10(8-12)14(19)16-11-5-3-7-13(9-11)18-25(15,22)23/h2-9,17-18H,1H3,(H,16,19)(H2,15,22,23). The lowest BCUT2D eigenvalue weighted by molar-refractivity contribution is 0.102. The Morgan fingerprint density at radius 2 is 1.44 bits per heavy atom. The van der Waals surface area contributed by atoms with Gasteiger partial charge in [-0.2, -0.15) is 8.42 Å². The van der Waals surface area contributed by atoms with Crippen LogP contribution in [0.2, 0.25) is 0 Å². The second-order valence-corrected chi connectivity index (χ2v) is 8.18. The van der Waals surface area contributed by atoms with Crippen molar-refractivity contribution < 1.29 is 21.6 Å². The summed E-state index contributed by atoms with van der Waals surface area (Å²) in [4.78, 5) is 12.3. The minimum Gasteiger partial charge on any atom is -0.322 e. The van der Waals surface area contributed by atoms with Crippen LogP contribution in [0.5, 0.6) is 0 Å². The van der Waals surface area contributed by atoms with Gasteiger partial charge in [0, 0.05) is 16.9 Å². The minimum absolute atomic E-state index is 0.188. The molecular formula is C14H16N4O5S2. The molecule has 25 heavy (non-hydrogen) atoms. The van der Waals surface area contributed by atoms with E-state index in [9.17, 15) is 21.6 Å². The van der Waals surface area contributed by atoms with Crippen molar-refractivity contribution in [2.45, 2.75) is 0 Å². The van der Waals surface area contributed by atoms with Gasteiger partial charge in [0.1, 0.15) is 0 Å². The van der Waals surface area contributed by atoms with Gasteiger partial charge in [-0.15, -0.1) is 0 Å². The van der Waals surface area contributed by atoms with Gasteiger partial charge in [0.15, 0.2) is 0 Å². The predicted molar refractivity (Wildman–Crippen MR) is 96.0 cm³/mol. The van der Waals surface area contributed by atoms with Gasteiger partial charge in [-0.3, -0.25) is 14.2 Å². The van der Waals surface area contributed by atoms with E-state index < -0.39 is 26.1 Å². The van der Waals surface area contributed by atoms with Gasteiger partial charge in [0.25, 0.3) is 16.1 Å². The number of hydrogen-bond donors (Lipinski definition) is 4. The summed E-state index contributed by atoms with van der Waals surface area (Å²) in [6, 6.07) is 11.9. The van der Waals surface area contributed by atoms with Crippen LogP contribution in [0.25, 0.3) is 0 Å². The zero-order chi connectivity index (χ0) is 18.7. The third kappa shape index (κ3) is 6.41. The van der Waals surface area contributed by atoms with Crippen LogP contribution in [0.1, 0.15) is 10.4 Å². The number of carbonyl (C=O) groups is 1. The first kappa shape index (κ1) is 18.7. The number of hydrogen-bond acceptors (Lipinski definition) is 5. The predicted octanol–water partition coefficient (Wildman–Crippen LogP) is 0.926. The molecule has 0 bridgehead atoms. The molecule has 2 aromatic carbocycles.